The summed E-state index contributed by atoms with van der Waals surface area (Å²) in [5.74, 6) is 0.283. The van der Waals surface area contributed by atoms with Gasteiger partial charge in [0.25, 0.3) is 0 Å². The van der Waals surface area contributed by atoms with Crippen molar-refractivity contribution in [3.05, 3.63) is 57.0 Å². The highest BCUT2D eigenvalue weighted by Crippen LogP contribution is 2.33. The van der Waals surface area contributed by atoms with Crippen LogP contribution in [0.5, 0.6) is 5.75 Å². The van der Waals surface area contributed by atoms with E-state index in [0.29, 0.717) is 18.2 Å². The van der Waals surface area contributed by atoms with Gasteiger partial charge in [-0.2, -0.15) is 0 Å². The number of pyridine rings is 1. The fourth-order valence-corrected chi connectivity index (χ4v) is 4.82. The van der Waals surface area contributed by atoms with Crippen LogP contribution < -0.4 is 5.43 Å². The van der Waals surface area contributed by atoms with Gasteiger partial charge in [-0.25, -0.2) is 4.98 Å². The topological polar surface area (TPSA) is 58.4 Å². The Morgan fingerprint density at radius 2 is 2.15 bits per heavy atom. The molecule has 0 aliphatic carbocycles. The van der Waals surface area contributed by atoms with E-state index in [9.17, 15) is 9.90 Å². The van der Waals surface area contributed by atoms with Crippen molar-refractivity contribution in [3.8, 4) is 5.75 Å². The van der Waals surface area contributed by atoms with E-state index in [1.54, 1.807) is 11.3 Å². The number of piperidine rings is 1. The SMILES string of the molecule is Cc1cc(=O)c(O)c(CN2CCC[C@@H](c3nc4ccccc4s3)C2)n1C. The van der Waals surface area contributed by atoms with Gasteiger partial charge in [0.2, 0.25) is 5.43 Å². The van der Waals surface area contributed by atoms with Gasteiger partial charge in [-0.15, -0.1) is 11.3 Å². The Hall–Kier alpha value is -2.18. The van der Waals surface area contributed by atoms with Crippen molar-refractivity contribution in [1.82, 2.24) is 14.5 Å². The van der Waals surface area contributed by atoms with Crippen LogP contribution in [0.15, 0.2) is 35.1 Å². The quantitative estimate of drug-likeness (QED) is 0.769. The molecule has 1 N–H and O–H groups in total. The molecule has 1 fully saturated rings. The summed E-state index contributed by atoms with van der Waals surface area (Å²) in [6.45, 7) is 4.36. The third kappa shape index (κ3) is 3.15. The molecule has 1 saturated heterocycles. The molecule has 136 valence electrons. The van der Waals surface area contributed by atoms with Gasteiger partial charge >= 0.3 is 0 Å². The van der Waals surface area contributed by atoms with Crippen LogP contribution in [-0.4, -0.2) is 32.6 Å². The molecule has 1 aliphatic heterocycles. The Kier molecular flexibility index (Phi) is 4.54. The molecule has 3 heterocycles. The van der Waals surface area contributed by atoms with Crippen LogP contribution in [0.1, 0.15) is 35.2 Å². The maximum Gasteiger partial charge on any atom is 0.223 e. The van der Waals surface area contributed by atoms with E-state index in [1.807, 2.05) is 24.6 Å². The minimum Gasteiger partial charge on any atom is -0.503 e. The van der Waals surface area contributed by atoms with Crippen molar-refractivity contribution in [2.24, 2.45) is 7.05 Å². The molecule has 4 rings (SSSR count). The van der Waals surface area contributed by atoms with Crippen LogP contribution in [0.3, 0.4) is 0 Å². The van der Waals surface area contributed by atoms with Gasteiger partial charge in [-0.3, -0.25) is 9.69 Å². The van der Waals surface area contributed by atoms with Gasteiger partial charge in [0, 0.05) is 37.8 Å². The molecule has 6 heteroatoms. The number of likely N-dealkylation sites (tertiary alicyclic amines) is 1. The summed E-state index contributed by atoms with van der Waals surface area (Å²) < 4.78 is 3.15. The minimum atomic E-state index is -0.296. The molecule has 1 atom stereocenters. The molecule has 0 spiro atoms. The Bertz CT molecular complexity index is 975. The van der Waals surface area contributed by atoms with E-state index < -0.39 is 0 Å². The second-order valence-corrected chi connectivity index (χ2v) is 8.16. The van der Waals surface area contributed by atoms with Crippen molar-refractivity contribution in [3.63, 3.8) is 0 Å². The number of hydrogen-bond donors (Lipinski definition) is 1. The fraction of sp³-hybridized carbons (Fsp3) is 0.400. The highest BCUT2D eigenvalue weighted by molar-refractivity contribution is 7.18. The van der Waals surface area contributed by atoms with Crippen molar-refractivity contribution < 1.29 is 5.11 Å². The molecule has 2 aromatic heterocycles. The van der Waals surface area contributed by atoms with Crippen molar-refractivity contribution >= 4 is 21.6 Å². The lowest BCUT2D eigenvalue weighted by atomic mass is 9.98. The summed E-state index contributed by atoms with van der Waals surface area (Å²) in [5, 5.41) is 11.4. The number of nitrogens with zero attached hydrogens (tertiary/aromatic N) is 3. The summed E-state index contributed by atoms with van der Waals surface area (Å²) >= 11 is 1.78. The van der Waals surface area contributed by atoms with Gasteiger partial charge < -0.3 is 9.67 Å². The van der Waals surface area contributed by atoms with Crippen LogP contribution in [0.25, 0.3) is 10.2 Å². The lowest BCUT2D eigenvalue weighted by Gasteiger charge is -2.32. The number of aromatic nitrogens is 2. The Morgan fingerprint density at radius 1 is 1.35 bits per heavy atom. The van der Waals surface area contributed by atoms with Gasteiger partial charge in [0.1, 0.15) is 0 Å². The van der Waals surface area contributed by atoms with Crippen molar-refractivity contribution in [1.29, 1.82) is 0 Å². The number of aromatic hydroxyl groups is 1. The van der Waals surface area contributed by atoms with E-state index in [-0.39, 0.29) is 11.2 Å². The first-order valence-electron chi connectivity index (χ1n) is 8.99. The Balaban J connectivity index is 1.57. The molecule has 26 heavy (non-hydrogen) atoms. The monoisotopic (exact) mass is 369 g/mol. The predicted molar refractivity (Wildman–Crippen MR) is 105 cm³/mol. The summed E-state index contributed by atoms with van der Waals surface area (Å²) in [7, 11) is 1.90. The molecule has 0 bridgehead atoms. The molecule has 3 aromatic rings. The molecule has 5 nitrogen and oxygen atoms in total. The zero-order chi connectivity index (χ0) is 18.3. The largest absolute Gasteiger partial charge is 0.503 e. The number of hydrogen-bond acceptors (Lipinski definition) is 5. The van der Waals surface area contributed by atoms with Crippen LogP contribution in [-0.2, 0) is 13.6 Å². The Morgan fingerprint density at radius 3 is 2.96 bits per heavy atom. The second-order valence-electron chi connectivity index (χ2n) is 7.10. The van der Waals surface area contributed by atoms with Crippen LogP contribution in [0, 0.1) is 6.92 Å². The third-order valence-electron chi connectivity index (χ3n) is 5.32. The van der Waals surface area contributed by atoms with E-state index >= 15 is 0 Å². The van der Waals surface area contributed by atoms with Crippen molar-refractivity contribution in [2.45, 2.75) is 32.2 Å². The average molecular weight is 369 g/mol. The zero-order valence-corrected chi connectivity index (χ0v) is 15.9. The van der Waals surface area contributed by atoms with Gasteiger partial charge in [-0.05, 0) is 38.4 Å². The lowest BCUT2D eigenvalue weighted by Crippen LogP contribution is -2.35. The van der Waals surface area contributed by atoms with Crippen LogP contribution in [0.4, 0.5) is 0 Å². The predicted octanol–water partition coefficient (Wildman–Crippen LogP) is 3.39. The zero-order valence-electron chi connectivity index (χ0n) is 15.1. The number of rotatable bonds is 3. The van der Waals surface area contributed by atoms with Gasteiger partial charge in [-0.1, -0.05) is 12.1 Å². The van der Waals surface area contributed by atoms with Gasteiger partial charge in [0.15, 0.2) is 5.75 Å². The number of para-hydroxylation sites is 1. The van der Waals surface area contributed by atoms with Gasteiger partial charge in [0.05, 0.1) is 20.9 Å². The first kappa shape index (κ1) is 17.2. The smallest absolute Gasteiger partial charge is 0.223 e. The molecule has 0 amide bonds. The number of thiazole rings is 1. The normalized spacial score (nSPS) is 18.5. The first-order chi connectivity index (χ1) is 12.5. The maximum absolute atomic E-state index is 11.9. The Labute approximate surface area is 156 Å². The second kappa shape index (κ2) is 6.85. The van der Waals surface area contributed by atoms with E-state index in [1.165, 1.54) is 15.8 Å². The molecule has 0 radical (unpaired) electrons. The molecule has 0 saturated carbocycles. The highest BCUT2D eigenvalue weighted by Gasteiger charge is 2.25. The number of benzene rings is 1. The average Bonchev–Trinajstić information content (AvgIpc) is 3.08. The summed E-state index contributed by atoms with van der Waals surface area (Å²) in [5.41, 5.74) is 2.33. The number of fused-ring (bicyclic) bond motifs is 1. The lowest BCUT2D eigenvalue weighted by molar-refractivity contribution is 0.193. The van der Waals surface area contributed by atoms with E-state index in [0.717, 1.165) is 37.1 Å². The molecular formula is C20H23N3O2S. The summed E-state index contributed by atoms with van der Waals surface area (Å²) in [6.07, 6.45) is 2.23. The highest BCUT2D eigenvalue weighted by atomic mass is 32.1. The first-order valence-corrected chi connectivity index (χ1v) is 9.81. The van der Waals surface area contributed by atoms with E-state index in [2.05, 4.69) is 23.1 Å². The minimum absolute atomic E-state index is 0.125. The number of aryl methyl sites for hydroxylation is 1. The van der Waals surface area contributed by atoms with E-state index in [4.69, 9.17) is 4.98 Å². The summed E-state index contributed by atoms with van der Waals surface area (Å²) in [4.78, 5) is 19.1. The standard InChI is InChI=1S/C20H23N3O2S/c1-13-10-17(24)19(25)16(22(13)2)12-23-9-5-6-14(11-23)20-21-15-7-3-4-8-18(15)26-20/h3-4,7-8,10,14,25H,5-6,9,11-12H2,1-2H3/t14-/m1/s1. The molecule has 1 aliphatic rings. The maximum atomic E-state index is 11.9. The van der Waals surface area contributed by atoms with Crippen LogP contribution in [0.2, 0.25) is 0 Å². The van der Waals surface area contributed by atoms with Crippen LogP contribution >= 0.6 is 11.3 Å². The molecular weight excluding hydrogens is 346 g/mol. The van der Waals surface area contributed by atoms with Crippen molar-refractivity contribution in [2.75, 3.05) is 13.1 Å². The molecule has 0 unspecified atom stereocenters. The third-order valence-corrected chi connectivity index (χ3v) is 6.52. The fourth-order valence-electron chi connectivity index (χ4n) is 3.73. The summed E-state index contributed by atoms with van der Waals surface area (Å²) in [6, 6.07) is 9.76. The molecule has 1 aromatic carbocycles.